The molecule has 1 aliphatic heterocycles. The maximum atomic E-state index is 12.7. The Morgan fingerprint density at radius 1 is 1.24 bits per heavy atom. The van der Waals surface area contributed by atoms with E-state index in [0.717, 1.165) is 11.3 Å². The van der Waals surface area contributed by atoms with Crippen LogP contribution in [0.25, 0.3) is 0 Å². The van der Waals surface area contributed by atoms with Gasteiger partial charge in [0.25, 0.3) is 0 Å². The number of benzene rings is 2. The molecule has 0 bridgehead atoms. The first-order chi connectivity index (χ1) is 14.0. The molecule has 9 heteroatoms. The smallest absolute Gasteiger partial charge is 0.244 e. The topological polar surface area (TPSA) is 87.2 Å². The predicted molar refractivity (Wildman–Crippen MR) is 117 cm³/mol. The Hall–Kier alpha value is -2.91. The van der Waals surface area contributed by atoms with Gasteiger partial charge in [-0.1, -0.05) is 52.9 Å². The van der Waals surface area contributed by atoms with Crippen LogP contribution in [0.3, 0.4) is 0 Å². The third-order valence-electron chi connectivity index (χ3n) is 4.42. The quantitative estimate of drug-likeness (QED) is 0.602. The van der Waals surface area contributed by atoms with Gasteiger partial charge >= 0.3 is 0 Å². The van der Waals surface area contributed by atoms with E-state index in [-0.39, 0.29) is 24.1 Å². The van der Waals surface area contributed by atoms with Crippen LogP contribution in [-0.2, 0) is 9.59 Å². The van der Waals surface area contributed by atoms with Gasteiger partial charge in [-0.3, -0.25) is 9.59 Å². The molecular formula is C20H19N5O2S2. The maximum absolute atomic E-state index is 12.7. The zero-order valence-corrected chi connectivity index (χ0v) is 17.6. The van der Waals surface area contributed by atoms with Crippen LogP contribution >= 0.6 is 23.1 Å². The molecule has 0 radical (unpaired) electrons. The number of hydrogen-bond donors (Lipinski definition) is 2. The summed E-state index contributed by atoms with van der Waals surface area (Å²) in [6.07, 6.45) is 0. The molecule has 0 fully saturated rings. The van der Waals surface area contributed by atoms with Gasteiger partial charge in [-0.25, -0.2) is 0 Å². The highest BCUT2D eigenvalue weighted by Crippen LogP contribution is 2.32. The third-order valence-corrected chi connectivity index (χ3v) is 6.38. The first-order valence-corrected chi connectivity index (χ1v) is 10.8. The standard InChI is InChI=1S/C20H19N5O2S2/c1-12-7-8-14(13(2)9-12)22-19-23-24-20(29-19)28-11-18(27)25-10-17(26)21-15-5-3-4-6-16(15)25/h3-9H,10-11H2,1-2H3,(H,21,26)(H,22,23). The van der Waals surface area contributed by atoms with Crippen LogP contribution in [0.4, 0.5) is 22.2 Å². The zero-order valence-electron chi connectivity index (χ0n) is 15.9. The van der Waals surface area contributed by atoms with Gasteiger partial charge in [0.2, 0.25) is 16.9 Å². The second-order valence-corrected chi connectivity index (χ2v) is 8.85. The average Bonchev–Trinajstić information content (AvgIpc) is 3.15. The normalized spacial score (nSPS) is 13.0. The fraction of sp³-hybridized carbons (Fsp3) is 0.200. The van der Waals surface area contributed by atoms with E-state index in [1.807, 2.05) is 37.3 Å². The molecule has 1 aliphatic rings. The fourth-order valence-corrected chi connectivity index (χ4v) is 4.69. The first-order valence-electron chi connectivity index (χ1n) is 8.99. The number of para-hydroxylation sites is 2. The second-order valence-electron chi connectivity index (χ2n) is 6.65. The molecule has 7 nitrogen and oxygen atoms in total. The minimum absolute atomic E-state index is 0.0199. The van der Waals surface area contributed by atoms with E-state index in [1.165, 1.54) is 33.6 Å². The second kappa shape index (κ2) is 8.22. The number of carbonyl (C=O) groups is 2. The van der Waals surface area contributed by atoms with Gasteiger partial charge in [-0.2, -0.15) is 0 Å². The van der Waals surface area contributed by atoms with E-state index in [4.69, 9.17) is 0 Å². The Kier molecular flexibility index (Phi) is 5.50. The summed E-state index contributed by atoms with van der Waals surface area (Å²) in [6, 6.07) is 13.4. The van der Waals surface area contributed by atoms with Gasteiger partial charge < -0.3 is 15.5 Å². The van der Waals surface area contributed by atoms with Crippen molar-refractivity contribution in [2.24, 2.45) is 0 Å². The Bertz CT molecular complexity index is 1080. The van der Waals surface area contributed by atoms with Crippen molar-refractivity contribution in [3.63, 3.8) is 0 Å². The SMILES string of the molecule is Cc1ccc(Nc2nnc(SCC(=O)N3CC(=O)Nc4ccccc43)s2)c(C)c1. The minimum atomic E-state index is -0.196. The van der Waals surface area contributed by atoms with Crippen LogP contribution in [-0.4, -0.2) is 34.3 Å². The maximum Gasteiger partial charge on any atom is 0.244 e. The van der Waals surface area contributed by atoms with Crippen molar-refractivity contribution >= 4 is 57.1 Å². The first kappa shape index (κ1) is 19.4. The number of amides is 2. The van der Waals surface area contributed by atoms with Crippen LogP contribution in [0.2, 0.25) is 0 Å². The molecule has 1 aromatic heterocycles. The van der Waals surface area contributed by atoms with Crippen molar-refractivity contribution in [2.75, 3.05) is 27.8 Å². The summed E-state index contributed by atoms with van der Waals surface area (Å²) in [5, 5.41) is 15.0. The van der Waals surface area contributed by atoms with E-state index >= 15 is 0 Å². The Labute approximate surface area is 176 Å². The molecule has 0 saturated heterocycles. The van der Waals surface area contributed by atoms with Gasteiger partial charge in [0, 0.05) is 5.69 Å². The number of hydrogen-bond acceptors (Lipinski definition) is 7. The molecule has 2 N–H and O–H groups in total. The summed E-state index contributed by atoms with van der Waals surface area (Å²) >= 11 is 2.71. The minimum Gasteiger partial charge on any atom is -0.330 e. The van der Waals surface area contributed by atoms with Gasteiger partial charge in [0.15, 0.2) is 4.34 Å². The molecule has 148 valence electrons. The molecule has 4 rings (SSSR count). The van der Waals surface area contributed by atoms with E-state index < -0.39 is 0 Å². The number of anilines is 4. The summed E-state index contributed by atoms with van der Waals surface area (Å²) in [6.45, 7) is 4.11. The number of carbonyl (C=O) groups excluding carboxylic acids is 2. The molecule has 2 aromatic carbocycles. The number of aromatic nitrogens is 2. The van der Waals surface area contributed by atoms with Crippen LogP contribution < -0.4 is 15.5 Å². The molecule has 2 heterocycles. The van der Waals surface area contributed by atoms with Crippen LogP contribution in [0, 0.1) is 13.8 Å². The largest absolute Gasteiger partial charge is 0.330 e. The highest BCUT2D eigenvalue weighted by Gasteiger charge is 2.26. The Balaban J connectivity index is 1.40. The highest BCUT2D eigenvalue weighted by atomic mass is 32.2. The lowest BCUT2D eigenvalue weighted by atomic mass is 10.1. The summed E-state index contributed by atoms with van der Waals surface area (Å²) < 4.78 is 0.695. The van der Waals surface area contributed by atoms with E-state index in [1.54, 1.807) is 6.07 Å². The van der Waals surface area contributed by atoms with Gasteiger partial charge in [-0.05, 0) is 37.6 Å². The van der Waals surface area contributed by atoms with Crippen molar-refractivity contribution in [3.05, 3.63) is 53.6 Å². The molecule has 3 aromatic rings. The number of aryl methyl sites for hydroxylation is 2. The van der Waals surface area contributed by atoms with Crippen molar-refractivity contribution in [2.45, 2.75) is 18.2 Å². The van der Waals surface area contributed by atoms with Crippen molar-refractivity contribution in [3.8, 4) is 0 Å². The number of nitrogens with one attached hydrogen (secondary N) is 2. The van der Waals surface area contributed by atoms with Crippen molar-refractivity contribution in [1.29, 1.82) is 0 Å². The van der Waals surface area contributed by atoms with Crippen LogP contribution in [0.5, 0.6) is 0 Å². The predicted octanol–water partition coefficient (Wildman–Crippen LogP) is 3.98. The molecule has 29 heavy (non-hydrogen) atoms. The molecule has 0 atom stereocenters. The Morgan fingerprint density at radius 3 is 2.90 bits per heavy atom. The summed E-state index contributed by atoms with van der Waals surface area (Å²) in [4.78, 5) is 26.1. The van der Waals surface area contributed by atoms with Gasteiger partial charge in [-0.15, -0.1) is 10.2 Å². The summed E-state index contributed by atoms with van der Waals surface area (Å²) in [5.41, 5.74) is 4.68. The summed E-state index contributed by atoms with van der Waals surface area (Å²) in [5.74, 6) is -0.158. The van der Waals surface area contributed by atoms with Crippen LogP contribution in [0.1, 0.15) is 11.1 Å². The number of fused-ring (bicyclic) bond motifs is 1. The van der Waals surface area contributed by atoms with Crippen molar-refractivity contribution < 1.29 is 9.59 Å². The van der Waals surface area contributed by atoms with Crippen molar-refractivity contribution in [1.82, 2.24) is 10.2 Å². The summed E-state index contributed by atoms with van der Waals surface area (Å²) in [7, 11) is 0. The lowest BCUT2D eigenvalue weighted by Gasteiger charge is -2.28. The van der Waals surface area contributed by atoms with E-state index in [9.17, 15) is 9.59 Å². The Morgan fingerprint density at radius 2 is 2.07 bits per heavy atom. The fourth-order valence-electron chi connectivity index (χ4n) is 3.04. The average molecular weight is 426 g/mol. The molecule has 0 unspecified atom stereocenters. The number of nitrogens with zero attached hydrogens (tertiary/aromatic N) is 3. The van der Waals surface area contributed by atoms with E-state index in [0.29, 0.717) is 20.8 Å². The lowest BCUT2D eigenvalue weighted by molar-refractivity contribution is -0.120. The highest BCUT2D eigenvalue weighted by molar-refractivity contribution is 8.01. The molecule has 0 spiro atoms. The van der Waals surface area contributed by atoms with Gasteiger partial charge in [0.1, 0.15) is 6.54 Å². The zero-order chi connectivity index (χ0) is 20.4. The molecule has 2 amide bonds. The third kappa shape index (κ3) is 4.41. The lowest BCUT2D eigenvalue weighted by Crippen LogP contribution is -2.43. The number of thioether (sulfide) groups is 1. The van der Waals surface area contributed by atoms with Gasteiger partial charge in [0.05, 0.1) is 17.1 Å². The number of rotatable bonds is 5. The molecule has 0 saturated carbocycles. The molecule has 0 aliphatic carbocycles. The van der Waals surface area contributed by atoms with Crippen LogP contribution in [0.15, 0.2) is 46.8 Å². The monoisotopic (exact) mass is 425 g/mol. The molecular weight excluding hydrogens is 406 g/mol. The van der Waals surface area contributed by atoms with E-state index in [2.05, 4.69) is 33.8 Å².